The van der Waals surface area contributed by atoms with Gasteiger partial charge in [0.25, 0.3) is 5.91 Å². The van der Waals surface area contributed by atoms with E-state index in [1.165, 1.54) is 33.8 Å². The van der Waals surface area contributed by atoms with Gasteiger partial charge in [0, 0.05) is 24.8 Å². The summed E-state index contributed by atoms with van der Waals surface area (Å²) in [6.45, 7) is 6.01. The summed E-state index contributed by atoms with van der Waals surface area (Å²) in [5, 5.41) is 6.83. The van der Waals surface area contributed by atoms with Crippen molar-refractivity contribution in [1.29, 1.82) is 0 Å². The number of nitrogens with zero attached hydrogens (tertiary/aromatic N) is 5. The van der Waals surface area contributed by atoms with E-state index < -0.39 is 15.9 Å². The number of nitrogens with one attached hydrogen (secondary N) is 1. The zero-order chi connectivity index (χ0) is 21.0. The van der Waals surface area contributed by atoms with Crippen molar-refractivity contribution < 1.29 is 13.2 Å². The van der Waals surface area contributed by atoms with E-state index in [1.54, 1.807) is 45.2 Å². The van der Waals surface area contributed by atoms with Crippen LogP contribution in [0.3, 0.4) is 0 Å². The quantitative estimate of drug-likeness (QED) is 0.635. The first-order valence-corrected chi connectivity index (χ1v) is 10.5. The smallest absolute Gasteiger partial charge is 0.256 e. The number of rotatable bonds is 7. The van der Waals surface area contributed by atoms with Crippen molar-refractivity contribution in [3.63, 3.8) is 0 Å². The molecule has 0 saturated heterocycles. The normalized spacial score (nSPS) is 11.6. The number of pyridine rings is 1. The molecule has 3 rings (SSSR count). The summed E-state index contributed by atoms with van der Waals surface area (Å²) in [5.41, 5.74) is 1.36. The Hall–Kier alpha value is -3.11. The Morgan fingerprint density at radius 1 is 1.21 bits per heavy atom. The van der Waals surface area contributed by atoms with Gasteiger partial charge in [-0.15, -0.1) is 0 Å². The van der Waals surface area contributed by atoms with Crippen molar-refractivity contribution in [2.45, 2.75) is 25.7 Å². The van der Waals surface area contributed by atoms with Crippen LogP contribution in [0.4, 0.5) is 5.69 Å². The minimum atomic E-state index is -3.67. The summed E-state index contributed by atoms with van der Waals surface area (Å²) in [4.78, 5) is 21.2. The van der Waals surface area contributed by atoms with Crippen molar-refractivity contribution in [3.8, 4) is 5.82 Å². The second-order valence-corrected chi connectivity index (χ2v) is 8.17. The second kappa shape index (κ2) is 8.50. The standard InChI is InChI=1S/C19H22N6O3S/c1-4-24(5-2)29(27,28)15-9-8-14(3)16(11-15)19(26)23-17-7-6-10-21-18(17)25-13-20-12-22-25/h6-13H,4-5H2,1-3H3,(H,23,26). The molecular weight excluding hydrogens is 392 g/mol. The first-order chi connectivity index (χ1) is 13.9. The number of carbonyl (C=O) groups excluding carboxylic acids is 1. The van der Waals surface area contributed by atoms with Crippen LogP contribution >= 0.6 is 0 Å². The van der Waals surface area contributed by atoms with Crippen LogP contribution in [0.5, 0.6) is 0 Å². The van der Waals surface area contributed by atoms with Crippen LogP contribution < -0.4 is 5.32 Å². The maximum absolute atomic E-state index is 13.0. The van der Waals surface area contributed by atoms with Gasteiger partial charge in [-0.05, 0) is 36.8 Å². The lowest BCUT2D eigenvalue weighted by Gasteiger charge is -2.19. The van der Waals surface area contributed by atoms with Crippen molar-refractivity contribution in [2.24, 2.45) is 0 Å². The number of hydrogen-bond donors (Lipinski definition) is 1. The third-order valence-corrected chi connectivity index (χ3v) is 6.51. The largest absolute Gasteiger partial charge is 0.319 e. The number of carbonyl (C=O) groups is 1. The van der Waals surface area contributed by atoms with E-state index >= 15 is 0 Å². The molecule has 9 nitrogen and oxygen atoms in total. The highest BCUT2D eigenvalue weighted by atomic mass is 32.2. The molecule has 1 aromatic carbocycles. The molecule has 0 radical (unpaired) electrons. The Balaban J connectivity index is 1.96. The highest BCUT2D eigenvalue weighted by Crippen LogP contribution is 2.22. The highest BCUT2D eigenvalue weighted by molar-refractivity contribution is 7.89. The van der Waals surface area contributed by atoms with Crippen molar-refractivity contribution in [3.05, 3.63) is 60.3 Å². The zero-order valence-corrected chi connectivity index (χ0v) is 17.2. The molecule has 0 spiro atoms. The molecule has 0 unspecified atom stereocenters. The SMILES string of the molecule is CCN(CC)S(=O)(=O)c1ccc(C)c(C(=O)Nc2cccnc2-n2cncn2)c1. The molecule has 1 amide bonds. The maximum atomic E-state index is 13.0. The molecule has 0 aliphatic heterocycles. The molecule has 29 heavy (non-hydrogen) atoms. The van der Waals surface area contributed by atoms with Crippen LogP contribution in [-0.4, -0.2) is 51.5 Å². The third kappa shape index (κ3) is 4.17. The van der Waals surface area contributed by atoms with Crippen LogP contribution in [0, 0.1) is 6.92 Å². The Morgan fingerprint density at radius 3 is 2.62 bits per heavy atom. The molecule has 152 valence electrons. The first-order valence-electron chi connectivity index (χ1n) is 9.10. The fourth-order valence-corrected chi connectivity index (χ4v) is 4.39. The number of aromatic nitrogens is 4. The van der Waals surface area contributed by atoms with Crippen LogP contribution in [-0.2, 0) is 10.0 Å². The third-order valence-electron chi connectivity index (χ3n) is 4.47. The van der Waals surface area contributed by atoms with E-state index in [9.17, 15) is 13.2 Å². The summed E-state index contributed by atoms with van der Waals surface area (Å²) < 4.78 is 28.4. The molecule has 0 aliphatic rings. The minimum Gasteiger partial charge on any atom is -0.319 e. The van der Waals surface area contributed by atoms with E-state index in [4.69, 9.17) is 0 Å². The molecular formula is C19H22N6O3S. The zero-order valence-electron chi connectivity index (χ0n) is 16.4. The van der Waals surface area contributed by atoms with Gasteiger partial charge in [0.1, 0.15) is 12.7 Å². The molecule has 1 N–H and O–H groups in total. The number of anilines is 1. The van der Waals surface area contributed by atoms with E-state index in [-0.39, 0.29) is 10.5 Å². The van der Waals surface area contributed by atoms with Crippen molar-refractivity contribution in [1.82, 2.24) is 24.1 Å². The van der Waals surface area contributed by atoms with Crippen molar-refractivity contribution in [2.75, 3.05) is 18.4 Å². The van der Waals surface area contributed by atoms with Gasteiger partial charge in [-0.25, -0.2) is 23.1 Å². The van der Waals surface area contributed by atoms with Gasteiger partial charge < -0.3 is 5.32 Å². The fourth-order valence-electron chi connectivity index (χ4n) is 2.90. The summed E-state index contributed by atoms with van der Waals surface area (Å²) in [6.07, 6.45) is 4.42. The molecule has 0 saturated carbocycles. The van der Waals surface area contributed by atoms with Gasteiger partial charge in [0.15, 0.2) is 5.82 Å². The van der Waals surface area contributed by atoms with Gasteiger partial charge in [0.05, 0.1) is 10.6 Å². The summed E-state index contributed by atoms with van der Waals surface area (Å²) in [6, 6.07) is 7.93. The molecule has 2 aromatic heterocycles. The lowest BCUT2D eigenvalue weighted by Crippen LogP contribution is -2.30. The Bertz CT molecular complexity index is 1110. The van der Waals surface area contributed by atoms with Gasteiger partial charge in [0.2, 0.25) is 10.0 Å². The van der Waals surface area contributed by atoms with Gasteiger partial charge in [-0.2, -0.15) is 9.40 Å². The maximum Gasteiger partial charge on any atom is 0.256 e. The van der Waals surface area contributed by atoms with Gasteiger partial charge in [-0.1, -0.05) is 19.9 Å². The molecule has 0 bridgehead atoms. The molecule has 2 heterocycles. The monoisotopic (exact) mass is 414 g/mol. The molecule has 0 fully saturated rings. The topological polar surface area (TPSA) is 110 Å². The number of sulfonamides is 1. The predicted molar refractivity (Wildman–Crippen MR) is 108 cm³/mol. The van der Waals surface area contributed by atoms with Crippen LogP contribution in [0.1, 0.15) is 29.8 Å². The lowest BCUT2D eigenvalue weighted by molar-refractivity contribution is 0.102. The Labute approximate surface area is 169 Å². The van der Waals surface area contributed by atoms with E-state index in [1.807, 2.05) is 0 Å². The second-order valence-electron chi connectivity index (χ2n) is 6.23. The summed E-state index contributed by atoms with van der Waals surface area (Å²) in [7, 11) is -3.67. The summed E-state index contributed by atoms with van der Waals surface area (Å²) in [5.74, 6) is -0.0311. The predicted octanol–water partition coefficient (Wildman–Crippen LogP) is 2.25. The lowest BCUT2D eigenvalue weighted by atomic mass is 10.1. The minimum absolute atomic E-state index is 0.0830. The average Bonchev–Trinajstić information content (AvgIpc) is 3.24. The number of amides is 1. The fraction of sp³-hybridized carbons (Fsp3) is 0.263. The van der Waals surface area contributed by atoms with E-state index in [0.717, 1.165) is 0 Å². The number of aryl methyl sites for hydroxylation is 1. The van der Waals surface area contributed by atoms with Gasteiger partial charge >= 0.3 is 0 Å². The summed E-state index contributed by atoms with van der Waals surface area (Å²) >= 11 is 0. The first kappa shape index (κ1) is 20.6. The molecule has 0 atom stereocenters. The Morgan fingerprint density at radius 2 is 1.97 bits per heavy atom. The van der Waals surface area contributed by atoms with Gasteiger partial charge in [-0.3, -0.25) is 4.79 Å². The number of benzene rings is 1. The highest BCUT2D eigenvalue weighted by Gasteiger charge is 2.23. The van der Waals surface area contributed by atoms with Crippen LogP contribution in [0.2, 0.25) is 0 Å². The Kier molecular flexibility index (Phi) is 6.04. The molecule has 3 aromatic rings. The molecule has 10 heteroatoms. The average molecular weight is 414 g/mol. The molecule has 0 aliphatic carbocycles. The van der Waals surface area contributed by atoms with E-state index in [0.29, 0.717) is 30.2 Å². The number of hydrogen-bond acceptors (Lipinski definition) is 6. The van der Waals surface area contributed by atoms with Crippen LogP contribution in [0.25, 0.3) is 5.82 Å². The van der Waals surface area contributed by atoms with Crippen LogP contribution in [0.15, 0.2) is 54.1 Å². The van der Waals surface area contributed by atoms with E-state index in [2.05, 4.69) is 20.4 Å². The van der Waals surface area contributed by atoms with Crippen molar-refractivity contribution >= 4 is 21.6 Å².